The Morgan fingerprint density at radius 1 is 1.50 bits per heavy atom. The fourth-order valence-corrected chi connectivity index (χ4v) is 3.08. The van der Waals surface area contributed by atoms with E-state index in [0.717, 1.165) is 18.4 Å². The van der Waals surface area contributed by atoms with E-state index in [1.165, 1.54) is 23.3 Å². The molecule has 14 heavy (non-hydrogen) atoms. The van der Waals surface area contributed by atoms with Crippen molar-refractivity contribution in [3.05, 3.63) is 21.4 Å². The summed E-state index contributed by atoms with van der Waals surface area (Å²) in [5.41, 5.74) is 7.79. The number of ketones is 1. The van der Waals surface area contributed by atoms with Crippen molar-refractivity contribution in [2.75, 3.05) is 0 Å². The third kappa shape index (κ3) is 1.62. The maximum Gasteiger partial charge on any atom is 0.180 e. The summed E-state index contributed by atoms with van der Waals surface area (Å²) in [5, 5.41) is 1.99. The van der Waals surface area contributed by atoms with Gasteiger partial charge in [-0.05, 0) is 38.2 Å². The molecule has 1 aromatic heterocycles. The molecule has 0 aliphatic heterocycles. The van der Waals surface area contributed by atoms with Gasteiger partial charge in [0.1, 0.15) is 0 Å². The van der Waals surface area contributed by atoms with Crippen LogP contribution < -0.4 is 5.73 Å². The highest BCUT2D eigenvalue weighted by Crippen LogP contribution is 2.30. The number of aryl methyl sites for hydroxylation is 1. The normalized spacial score (nSPS) is 17.6. The van der Waals surface area contributed by atoms with Crippen LogP contribution in [0.5, 0.6) is 0 Å². The van der Waals surface area contributed by atoms with E-state index in [1.54, 1.807) is 18.3 Å². The minimum Gasteiger partial charge on any atom is -0.321 e. The molecule has 0 saturated heterocycles. The minimum absolute atomic E-state index is 0.101. The maximum atomic E-state index is 11.8. The molecule has 1 aliphatic carbocycles. The third-order valence-corrected chi connectivity index (χ3v) is 3.83. The number of Topliss-reactive ketones (excluding diaryl/α,β-unsaturated/α-hetero) is 1. The molecule has 1 aliphatic rings. The number of nitrogens with two attached hydrogens (primary N) is 1. The Morgan fingerprint density at radius 3 is 2.93 bits per heavy atom. The molecule has 76 valence electrons. The number of rotatable bonds is 2. The number of fused-ring (bicyclic) bond motifs is 1. The van der Waals surface area contributed by atoms with Gasteiger partial charge in [0.05, 0.1) is 6.04 Å². The van der Waals surface area contributed by atoms with E-state index in [9.17, 15) is 4.79 Å². The zero-order valence-corrected chi connectivity index (χ0v) is 9.19. The van der Waals surface area contributed by atoms with Crippen molar-refractivity contribution in [1.29, 1.82) is 0 Å². The summed E-state index contributed by atoms with van der Waals surface area (Å²) in [6, 6.07) is -0.365. The summed E-state index contributed by atoms with van der Waals surface area (Å²) in [5.74, 6) is 0.101. The van der Waals surface area contributed by atoms with Gasteiger partial charge >= 0.3 is 0 Å². The third-order valence-electron chi connectivity index (χ3n) is 2.74. The van der Waals surface area contributed by atoms with E-state index in [0.29, 0.717) is 0 Å². The molecule has 1 aromatic rings. The van der Waals surface area contributed by atoms with Gasteiger partial charge in [-0.15, -0.1) is 11.3 Å². The first-order valence-electron chi connectivity index (χ1n) is 5.09. The van der Waals surface area contributed by atoms with Crippen LogP contribution in [0.3, 0.4) is 0 Å². The second kappa shape index (κ2) is 3.83. The highest BCUT2D eigenvalue weighted by atomic mass is 32.1. The molecule has 1 atom stereocenters. The number of hydrogen-bond acceptors (Lipinski definition) is 3. The first kappa shape index (κ1) is 9.87. The standard InChI is InChI=1S/C11H15NOS/c1-7(12)11(13)9-6-14-10-5-3-2-4-8(9)10/h6-7H,2-5,12H2,1H3. The monoisotopic (exact) mass is 209 g/mol. The van der Waals surface area contributed by atoms with Crippen LogP contribution in [0.1, 0.15) is 40.6 Å². The molecule has 0 amide bonds. The molecule has 0 radical (unpaired) electrons. The van der Waals surface area contributed by atoms with Gasteiger partial charge in [0, 0.05) is 15.8 Å². The summed E-state index contributed by atoms with van der Waals surface area (Å²) in [6.07, 6.45) is 4.68. The van der Waals surface area contributed by atoms with Crippen molar-refractivity contribution in [2.24, 2.45) is 5.73 Å². The lowest BCUT2D eigenvalue weighted by atomic mass is 9.93. The SMILES string of the molecule is CC(N)C(=O)c1csc2c1CCCC2. The predicted molar refractivity (Wildman–Crippen MR) is 58.9 cm³/mol. The van der Waals surface area contributed by atoms with Gasteiger partial charge in [0.15, 0.2) is 5.78 Å². The Morgan fingerprint density at radius 2 is 2.21 bits per heavy atom. The Labute approximate surface area is 88.1 Å². The first-order chi connectivity index (χ1) is 6.70. The molecule has 0 aromatic carbocycles. The topological polar surface area (TPSA) is 43.1 Å². The molecule has 1 heterocycles. The molecular formula is C11H15NOS. The average molecular weight is 209 g/mol. The van der Waals surface area contributed by atoms with E-state index >= 15 is 0 Å². The second-order valence-corrected chi connectivity index (χ2v) is 4.88. The fraction of sp³-hybridized carbons (Fsp3) is 0.545. The summed E-state index contributed by atoms with van der Waals surface area (Å²) >= 11 is 1.72. The van der Waals surface area contributed by atoms with Crippen LogP contribution in [0.4, 0.5) is 0 Å². The van der Waals surface area contributed by atoms with Crippen molar-refractivity contribution < 1.29 is 4.79 Å². The Hall–Kier alpha value is -0.670. The molecular weight excluding hydrogens is 194 g/mol. The maximum absolute atomic E-state index is 11.8. The average Bonchev–Trinajstić information content (AvgIpc) is 2.60. The minimum atomic E-state index is -0.365. The number of thiophene rings is 1. The van der Waals surface area contributed by atoms with Crippen molar-refractivity contribution in [1.82, 2.24) is 0 Å². The fourth-order valence-electron chi connectivity index (χ4n) is 1.95. The second-order valence-electron chi connectivity index (χ2n) is 3.91. The Bertz CT molecular complexity index is 354. The quantitative estimate of drug-likeness (QED) is 0.758. The van der Waals surface area contributed by atoms with E-state index < -0.39 is 0 Å². The van der Waals surface area contributed by atoms with Crippen LogP contribution >= 0.6 is 11.3 Å². The Balaban J connectivity index is 2.35. The van der Waals surface area contributed by atoms with E-state index in [-0.39, 0.29) is 11.8 Å². The number of carbonyl (C=O) groups is 1. The van der Waals surface area contributed by atoms with Crippen LogP contribution in [0, 0.1) is 0 Å². The highest BCUT2D eigenvalue weighted by molar-refractivity contribution is 7.10. The lowest BCUT2D eigenvalue weighted by Gasteiger charge is -2.12. The number of hydrogen-bond donors (Lipinski definition) is 1. The van der Waals surface area contributed by atoms with Crippen molar-refractivity contribution in [3.8, 4) is 0 Å². The van der Waals surface area contributed by atoms with Crippen LogP contribution in [0.2, 0.25) is 0 Å². The zero-order chi connectivity index (χ0) is 10.1. The lowest BCUT2D eigenvalue weighted by molar-refractivity contribution is 0.0967. The van der Waals surface area contributed by atoms with Crippen LogP contribution in [0.15, 0.2) is 5.38 Å². The van der Waals surface area contributed by atoms with Gasteiger partial charge in [0.25, 0.3) is 0 Å². The number of carbonyl (C=O) groups excluding carboxylic acids is 1. The molecule has 1 unspecified atom stereocenters. The van der Waals surface area contributed by atoms with Gasteiger partial charge in [-0.3, -0.25) is 4.79 Å². The van der Waals surface area contributed by atoms with Gasteiger partial charge in [0.2, 0.25) is 0 Å². The molecule has 3 heteroatoms. The van der Waals surface area contributed by atoms with E-state index in [1.807, 2.05) is 5.38 Å². The van der Waals surface area contributed by atoms with Gasteiger partial charge in [-0.1, -0.05) is 0 Å². The zero-order valence-electron chi connectivity index (χ0n) is 8.38. The van der Waals surface area contributed by atoms with Gasteiger partial charge in [-0.25, -0.2) is 0 Å². The smallest absolute Gasteiger partial charge is 0.180 e. The van der Waals surface area contributed by atoms with Crippen molar-refractivity contribution in [2.45, 2.75) is 38.6 Å². The van der Waals surface area contributed by atoms with Gasteiger partial charge < -0.3 is 5.73 Å². The summed E-state index contributed by atoms with van der Waals surface area (Å²) in [4.78, 5) is 13.2. The Kier molecular flexibility index (Phi) is 2.70. The predicted octanol–water partition coefficient (Wildman–Crippen LogP) is 2.16. The van der Waals surface area contributed by atoms with E-state index in [4.69, 9.17) is 5.73 Å². The molecule has 2 rings (SSSR count). The summed E-state index contributed by atoms with van der Waals surface area (Å²) < 4.78 is 0. The summed E-state index contributed by atoms with van der Waals surface area (Å²) in [6.45, 7) is 1.76. The molecule has 0 spiro atoms. The largest absolute Gasteiger partial charge is 0.321 e. The van der Waals surface area contributed by atoms with Crippen molar-refractivity contribution in [3.63, 3.8) is 0 Å². The van der Waals surface area contributed by atoms with Crippen LogP contribution in [0.25, 0.3) is 0 Å². The lowest BCUT2D eigenvalue weighted by Crippen LogP contribution is -2.27. The molecule has 2 nitrogen and oxygen atoms in total. The van der Waals surface area contributed by atoms with E-state index in [2.05, 4.69) is 0 Å². The van der Waals surface area contributed by atoms with Crippen LogP contribution in [-0.2, 0) is 12.8 Å². The molecule has 0 fully saturated rings. The molecule has 0 saturated carbocycles. The summed E-state index contributed by atoms with van der Waals surface area (Å²) in [7, 11) is 0. The van der Waals surface area contributed by atoms with Crippen LogP contribution in [-0.4, -0.2) is 11.8 Å². The van der Waals surface area contributed by atoms with Crippen molar-refractivity contribution >= 4 is 17.1 Å². The van der Waals surface area contributed by atoms with Gasteiger partial charge in [-0.2, -0.15) is 0 Å². The first-order valence-corrected chi connectivity index (χ1v) is 5.97. The molecule has 2 N–H and O–H groups in total. The molecule has 0 bridgehead atoms. The highest BCUT2D eigenvalue weighted by Gasteiger charge is 2.21.